The van der Waals surface area contributed by atoms with Gasteiger partial charge in [0, 0.05) is 36.4 Å². The summed E-state index contributed by atoms with van der Waals surface area (Å²) in [5.41, 5.74) is 1.15. The van der Waals surface area contributed by atoms with Crippen molar-refractivity contribution in [2.24, 2.45) is 0 Å². The number of halogens is 2. The van der Waals surface area contributed by atoms with E-state index in [4.69, 9.17) is 16.3 Å². The predicted octanol–water partition coefficient (Wildman–Crippen LogP) is 4.70. The lowest BCUT2D eigenvalue weighted by atomic mass is 10.2. The van der Waals surface area contributed by atoms with Crippen LogP contribution in [-0.4, -0.2) is 45.7 Å². The molecule has 1 saturated heterocycles. The number of amides is 1. The number of para-hydroxylation sites is 1. The maximum atomic E-state index is 14.6. The summed E-state index contributed by atoms with van der Waals surface area (Å²) < 4.78 is 22.0. The van der Waals surface area contributed by atoms with Crippen LogP contribution in [0.15, 0.2) is 59.8 Å². The minimum absolute atomic E-state index is 0.174. The van der Waals surface area contributed by atoms with Crippen LogP contribution in [0.25, 0.3) is 11.8 Å². The van der Waals surface area contributed by atoms with E-state index in [2.05, 4.69) is 15.5 Å². The van der Waals surface area contributed by atoms with Gasteiger partial charge in [-0.1, -0.05) is 53.7 Å². The van der Waals surface area contributed by atoms with Crippen molar-refractivity contribution in [2.75, 3.05) is 18.9 Å². The lowest BCUT2D eigenvalue weighted by molar-refractivity contribution is -0.116. The first kappa shape index (κ1) is 23.5. The van der Waals surface area contributed by atoms with Gasteiger partial charge in [0.2, 0.25) is 5.91 Å². The predicted molar refractivity (Wildman–Crippen MR) is 128 cm³/mol. The van der Waals surface area contributed by atoms with Crippen LogP contribution in [0.3, 0.4) is 0 Å². The molecule has 1 N–H and O–H groups in total. The van der Waals surface area contributed by atoms with Gasteiger partial charge in [-0.05, 0) is 42.7 Å². The number of aromatic nitrogens is 3. The number of hydrogen-bond donors (Lipinski definition) is 1. The maximum Gasteiger partial charge on any atom is 0.244 e. The van der Waals surface area contributed by atoms with Crippen LogP contribution < -0.4 is 5.32 Å². The van der Waals surface area contributed by atoms with Crippen molar-refractivity contribution < 1.29 is 13.9 Å². The van der Waals surface area contributed by atoms with Gasteiger partial charge >= 0.3 is 0 Å². The standard InChI is InChI=1S/C24H24ClFN4O2S/c25-19-8-2-1-6-17(19)11-12-23(31)27-14-13-22-28-29-24(33-16-18-7-5-15-32-18)30(22)21-10-4-3-9-20(21)26/h1-4,6,8-12,18H,5,7,13-16H2,(H,27,31)/b12-11+/t18-/m0/s1. The fourth-order valence-electron chi connectivity index (χ4n) is 3.51. The van der Waals surface area contributed by atoms with Crippen LogP contribution in [0.4, 0.5) is 4.39 Å². The summed E-state index contributed by atoms with van der Waals surface area (Å²) >= 11 is 7.61. The Kier molecular flexibility index (Phi) is 8.15. The first-order valence-corrected chi connectivity index (χ1v) is 12.1. The van der Waals surface area contributed by atoms with Crippen molar-refractivity contribution >= 4 is 35.3 Å². The fraction of sp³-hybridized carbons (Fsp3) is 0.292. The van der Waals surface area contributed by atoms with E-state index >= 15 is 0 Å². The lowest BCUT2D eigenvalue weighted by Crippen LogP contribution is -2.24. The fourth-order valence-corrected chi connectivity index (χ4v) is 4.73. The Morgan fingerprint density at radius 1 is 1.24 bits per heavy atom. The SMILES string of the molecule is O=C(/C=C/c1ccccc1Cl)NCCc1nnc(SC[C@@H]2CCCO2)n1-c1ccccc1F. The number of nitrogens with zero attached hydrogens (tertiary/aromatic N) is 3. The van der Waals surface area contributed by atoms with Gasteiger partial charge in [0.15, 0.2) is 5.16 Å². The highest BCUT2D eigenvalue weighted by atomic mass is 35.5. The van der Waals surface area contributed by atoms with Gasteiger partial charge in [0.05, 0.1) is 11.8 Å². The first-order valence-electron chi connectivity index (χ1n) is 10.8. The molecule has 2 heterocycles. The summed E-state index contributed by atoms with van der Waals surface area (Å²) in [6, 6.07) is 13.8. The highest BCUT2D eigenvalue weighted by molar-refractivity contribution is 7.99. The number of thioether (sulfide) groups is 1. The summed E-state index contributed by atoms with van der Waals surface area (Å²) in [5, 5.41) is 12.6. The molecule has 0 spiro atoms. The largest absolute Gasteiger partial charge is 0.377 e. The van der Waals surface area contributed by atoms with Crippen LogP contribution in [0, 0.1) is 5.82 Å². The van der Waals surface area contributed by atoms with Gasteiger partial charge in [0.1, 0.15) is 11.6 Å². The molecule has 1 aliphatic heterocycles. The highest BCUT2D eigenvalue weighted by Gasteiger charge is 2.21. The molecule has 0 radical (unpaired) electrons. The number of hydrogen-bond acceptors (Lipinski definition) is 5. The van der Waals surface area contributed by atoms with Crippen LogP contribution in [0.2, 0.25) is 5.02 Å². The molecule has 6 nitrogen and oxygen atoms in total. The van der Waals surface area contributed by atoms with Gasteiger partial charge in [-0.3, -0.25) is 9.36 Å². The molecule has 0 saturated carbocycles. The zero-order chi connectivity index (χ0) is 23.0. The third kappa shape index (κ3) is 6.22. The first-order chi connectivity index (χ1) is 16.1. The van der Waals surface area contributed by atoms with Crippen LogP contribution in [0.1, 0.15) is 24.2 Å². The average molecular weight is 487 g/mol. The van der Waals surface area contributed by atoms with Gasteiger partial charge < -0.3 is 10.1 Å². The number of rotatable bonds is 9. The van der Waals surface area contributed by atoms with E-state index in [-0.39, 0.29) is 17.8 Å². The smallest absolute Gasteiger partial charge is 0.244 e. The number of ether oxygens (including phenoxy) is 1. The van der Waals surface area contributed by atoms with E-state index in [0.717, 1.165) is 30.8 Å². The zero-order valence-corrected chi connectivity index (χ0v) is 19.5. The summed E-state index contributed by atoms with van der Waals surface area (Å²) in [7, 11) is 0. The van der Waals surface area contributed by atoms with Crippen LogP contribution >= 0.6 is 23.4 Å². The molecule has 1 atom stereocenters. The third-order valence-electron chi connectivity index (χ3n) is 5.18. The number of carbonyl (C=O) groups excluding carboxylic acids is 1. The normalized spacial score (nSPS) is 15.9. The van der Waals surface area contributed by atoms with Gasteiger partial charge in [-0.15, -0.1) is 10.2 Å². The second-order valence-corrected chi connectivity index (χ2v) is 8.92. The van der Waals surface area contributed by atoms with Crippen molar-refractivity contribution in [3.8, 4) is 5.69 Å². The Morgan fingerprint density at radius 2 is 2.06 bits per heavy atom. The van der Waals surface area contributed by atoms with E-state index in [0.29, 0.717) is 34.7 Å². The second-order valence-electron chi connectivity index (χ2n) is 7.53. The molecule has 0 unspecified atom stereocenters. The molecular formula is C24H24ClFN4O2S. The minimum atomic E-state index is -0.357. The molecule has 2 aromatic carbocycles. The van der Waals surface area contributed by atoms with Crippen molar-refractivity contribution in [2.45, 2.75) is 30.5 Å². The molecule has 4 rings (SSSR count). The Hall–Kier alpha value is -2.68. The zero-order valence-electron chi connectivity index (χ0n) is 17.9. The maximum absolute atomic E-state index is 14.6. The van der Waals surface area contributed by atoms with Crippen LogP contribution in [-0.2, 0) is 16.0 Å². The van der Waals surface area contributed by atoms with E-state index in [9.17, 15) is 9.18 Å². The van der Waals surface area contributed by atoms with Gasteiger partial charge in [-0.2, -0.15) is 0 Å². The Balaban J connectivity index is 1.42. The molecule has 1 aromatic heterocycles. The Morgan fingerprint density at radius 3 is 2.85 bits per heavy atom. The van der Waals surface area contributed by atoms with Gasteiger partial charge in [-0.25, -0.2) is 4.39 Å². The quantitative estimate of drug-likeness (QED) is 0.350. The van der Waals surface area contributed by atoms with Crippen molar-refractivity contribution in [1.29, 1.82) is 0 Å². The molecule has 33 heavy (non-hydrogen) atoms. The molecule has 172 valence electrons. The molecular weight excluding hydrogens is 463 g/mol. The van der Waals surface area contributed by atoms with Crippen molar-refractivity contribution in [3.63, 3.8) is 0 Å². The summed E-state index contributed by atoms with van der Waals surface area (Å²) in [5.74, 6) is 0.699. The number of benzene rings is 2. The highest BCUT2D eigenvalue weighted by Crippen LogP contribution is 2.27. The molecule has 0 bridgehead atoms. The minimum Gasteiger partial charge on any atom is -0.377 e. The van der Waals surface area contributed by atoms with E-state index in [1.165, 1.54) is 23.9 Å². The molecule has 9 heteroatoms. The summed E-state index contributed by atoms with van der Waals surface area (Å²) in [4.78, 5) is 12.2. The molecule has 1 amide bonds. The van der Waals surface area contributed by atoms with E-state index < -0.39 is 0 Å². The monoisotopic (exact) mass is 486 g/mol. The molecule has 3 aromatic rings. The Bertz CT molecular complexity index is 1130. The second kappa shape index (κ2) is 11.4. The van der Waals surface area contributed by atoms with Crippen molar-refractivity contribution in [3.05, 3.63) is 76.8 Å². The third-order valence-corrected chi connectivity index (χ3v) is 6.59. The topological polar surface area (TPSA) is 69.0 Å². The molecule has 0 aliphatic carbocycles. The number of nitrogens with one attached hydrogen (secondary N) is 1. The lowest BCUT2D eigenvalue weighted by Gasteiger charge is -2.13. The average Bonchev–Trinajstić information content (AvgIpc) is 3.47. The Labute approximate surface area is 201 Å². The van der Waals surface area contributed by atoms with Crippen molar-refractivity contribution in [1.82, 2.24) is 20.1 Å². The van der Waals surface area contributed by atoms with Crippen LogP contribution in [0.5, 0.6) is 0 Å². The molecule has 1 fully saturated rings. The van der Waals surface area contributed by atoms with E-state index in [1.54, 1.807) is 34.9 Å². The van der Waals surface area contributed by atoms with Gasteiger partial charge in [0.25, 0.3) is 0 Å². The molecule has 1 aliphatic rings. The summed E-state index contributed by atoms with van der Waals surface area (Å²) in [6.07, 6.45) is 5.74. The van der Waals surface area contributed by atoms with E-state index in [1.807, 2.05) is 18.2 Å². The summed E-state index contributed by atoms with van der Waals surface area (Å²) in [6.45, 7) is 1.11. The number of carbonyl (C=O) groups is 1.